The number of halogens is 3. The molecule has 248 valence electrons. The van der Waals surface area contributed by atoms with E-state index in [1.807, 2.05) is 0 Å². The number of benzene rings is 3. The van der Waals surface area contributed by atoms with E-state index in [2.05, 4.69) is 15.6 Å². The van der Waals surface area contributed by atoms with Crippen LogP contribution in [0.4, 0.5) is 14.9 Å². The zero-order chi connectivity index (χ0) is 34.8. The molecule has 13 nitrogen and oxygen atoms in total. The Bertz CT molecular complexity index is 1880. The van der Waals surface area contributed by atoms with Gasteiger partial charge in [0.1, 0.15) is 36.5 Å². The van der Waals surface area contributed by atoms with Crippen molar-refractivity contribution in [1.82, 2.24) is 14.9 Å². The summed E-state index contributed by atoms with van der Waals surface area (Å²) < 4.78 is 24.6. The number of anilines is 1. The van der Waals surface area contributed by atoms with Crippen LogP contribution in [0.15, 0.2) is 83.8 Å². The summed E-state index contributed by atoms with van der Waals surface area (Å²) >= 11 is 12.0. The van der Waals surface area contributed by atoms with E-state index >= 15 is 0 Å². The summed E-state index contributed by atoms with van der Waals surface area (Å²) in [5.74, 6) is -5.26. The number of aliphatic carboxylic acids is 1. The fourth-order valence-corrected chi connectivity index (χ4v) is 4.78. The number of hydrogen-bond donors (Lipinski definition) is 3. The molecular formula is C32H25Cl2FN4O9. The van der Waals surface area contributed by atoms with Crippen molar-refractivity contribution in [1.29, 1.82) is 0 Å². The van der Waals surface area contributed by atoms with Crippen LogP contribution in [0.5, 0.6) is 0 Å². The van der Waals surface area contributed by atoms with E-state index in [4.69, 9.17) is 32.7 Å². The van der Waals surface area contributed by atoms with E-state index in [-0.39, 0.29) is 39.3 Å². The molecule has 1 heterocycles. The van der Waals surface area contributed by atoms with Crippen molar-refractivity contribution in [2.75, 3.05) is 11.9 Å². The van der Waals surface area contributed by atoms with Crippen molar-refractivity contribution < 1.29 is 42.9 Å². The zero-order valence-electron chi connectivity index (χ0n) is 24.7. The first-order valence-electron chi connectivity index (χ1n) is 13.9. The molecule has 2 amide bonds. The third kappa shape index (κ3) is 9.47. The van der Waals surface area contributed by atoms with Crippen molar-refractivity contribution in [3.05, 3.63) is 116 Å². The number of carboxylic acids is 1. The molecule has 4 aromatic rings. The molecule has 0 aliphatic rings. The van der Waals surface area contributed by atoms with Crippen LogP contribution in [0.1, 0.15) is 22.3 Å². The lowest BCUT2D eigenvalue weighted by atomic mass is 10.1. The molecule has 0 fully saturated rings. The predicted octanol–water partition coefficient (Wildman–Crippen LogP) is 4.49. The smallest absolute Gasteiger partial charge is 0.412 e. The molecule has 0 bridgehead atoms. The second kappa shape index (κ2) is 16.3. The molecule has 0 aliphatic carbocycles. The molecule has 3 aromatic carbocycles. The maximum Gasteiger partial charge on any atom is 0.412 e. The zero-order valence-corrected chi connectivity index (χ0v) is 26.2. The summed E-state index contributed by atoms with van der Waals surface area (Å²) in [6.45, 7) is -1.89. The normalized spacial score (nSPS) is 11.2. The maximum absolute atomic E-state index is 13.6. The number of Topliss-reactive ketones (excluding diaryl/α,β-unsaturated/α-hetero) is 1. The number of amides is 2. The number of esters is 1. The van der Waals surface area contributed by atoms with Crippen LogP contribution in [-0.4, -0.2) is 57.0 Å². The average molecular weight is 699 g/mol. The third-order valence-electron chi connectivity index (χ3n) is 6.52. The molecule has 0 spiro atoms. The van der Waals surface area contributed by atoms with Crippen LogP contribution in [0.2, 0.25) is 10.0 Å². The molecular weight excluding hydrogens is 674 g/mol. The highest BCUT2D eigenvalue weighted by Crippen LogP contribution is 2.25. The van der Waals surface area contributed by atoms with Crippen LogP contribution in [0.3, 0.4) is 0 Å². The molecule has 0 radical (unpaired) electrons. The van der Waals surface area contributed by atoms with Gasteiger partial charge < -0.3 is 19.9 Å². The largest absolute Gasteiger partial charge is 0.481 e. The quantitative estimate of drug-likeness (QED) is 0.168. The third-order valence-corrected chi connectivity index (χ3v) is 7.15. The highest BCUT2D eigenvalue weighted by Gasteiger charge is 2.27. The van der Waals surface area contributed by atoms with E-state index in [1.54, 1.807) is 30.3 Å². The van der Waals surface area contributed by atoms with Crippen LogP contribution in [-0.2, 0) is 37.0 Å². The highest BCUT2D eigenvalue weighted by molar-refractivity contribution is 6.39. The van der Waals surface area contributed by atoms with Crippen LogP contribution in [0.25, 0.3) is 11.4 Å². The standard InChI is InChI=1S/C32H25Cl2FN4O9/c33-21-7-4-8-22(34)28(21)31(45)47-17-25(40)23(13-27(42)43)37-26(41)15-39-29(19-9-11-20(35)12-10-19)36-14-24(30(39)44)38-32(46)48-16-18-5-2-1-3-6-18/h1-12,14,23H,13,15-17H2,(H,37,41)(H,38,46)(H,42,43)/t23-/m0/s1. The number of nitrogens with zero attached hydrogens (tertiary/aromatic N) is 2. The lowest BCUT2D eigenvalue weighted by molar-refractivity contribution is -0.140. The van der Waals surface area contributed by atoms with E-state index in [0.29, 0.717) is 5.56 Å². The number of carbonyl (C=O) groups excluding carboxylic acids is 4. The van der Waals surface area contributed by atoms with Gasteiger partial charge in [-0.05, 0) is 42.0 Å². The van der Waals surface area contributed by atoms with E-state index < -0.39 is 66.7 Å². The van der Waals surface area contributed by atoms with E-state index in [0.717, 1.165) is 22.9 Å². The van der Waals surface area contributed by atoms with Gasteiger partial charge in [0.05, 0.1) is 28.2 Å². The van der Waals surface area contributed by atoms with Crippen LogP contribution < -0.4 is 16.2 Å². The Morgan fingerprint density at radius 2 is 1.58 bits per heavy atom. The van der Waals surface area contributed by atoms with Gasteiger partial charge in [-0.3, -0.25) is 29.1 Å². The number of rotatable bonds is 13. The van der Waals surface area contributed by atoms with Crippen molar-refractivity contribution in [2.45, 2.75) is 25.6 Å². The van der Waals surface area contributed by atoms with Crippen molar-refractivity contribution in [2.24, 2.45) is 0 Å². The summed E-state index contributed by atoms with van der Waals surface area (Å²) in [5, 5.41) is 13.8. The van der Waals surface area contributed by atoms with Gasteiger partial charge in [0.25, 0.3) is 5.56 Å². The SMILES string of the molecule is O=C(O)C[C@H](NC(=O)Cn1c(-c2ccc(F)cc2)ncc(NC(=O)OCc2ccccc2)c1=O)C(=O)COC(=O)c1c(Cl)cccc1Cl. The minimum absolute atomic E-state index is 0.0486. The Labute approximate surface area is 281 Å². The molecule has 48 heavy (non-hydrogen) atoms. The fourth-order valence-electron chi connectivity index (χ4n) is 4.23. The van der Waals surface area contributed by atoms with Gasteiger partial charge in [0.15, 0.2) is 12.4 Å². The number of aromatic nitrogens is 2. The number of nitrogens with one attached hydrogen (secondary N) is 2. The van der Waals surface area contributed by atoms with E-state index in [1.165, 1.54) is 30.3 Å². The van der Waals surface area contributed by atoms with Gasteiger partial charge in [-0.25, -0.2) is 19.0 Å². The van der Waals surface area contributed by atoms with Crippen LogP contribution >= 0.6 is 23.2 Å². The van der Waals surface area contributed by atoms with Crippen LogP contribution in [0, 0.1) is 5.82 Å². The van der Waals surface area contributed by atoms with E-state index in [9.17, 15) is 38.3 Å². The monoisotopic (exact) mass is 698 g/mol. The molecule has 0 saturated heterocycles. The Hall–Kier alpha value is -5.60. The lowest BCUT2D eigenvalue weighted by Crippen LogP contribution is -2.46. The molecule has 1 aromatic heterocycles. The molecule has 4 rings (SSSR count). The number of carboxylic acid groups (broad SMARTS) is 1. The summed E-state index contributed by atoms with van der Waals surface area (Å²) in [4.78, 5) is 80.2. The number of hydrogen-bond acceptors (Lipinski definition) is 9. The van der Waals surface area contributed by atoms with Gasteiger partial charge in [0.2, 0.25) is 5.91 Å². The van der Waals surface area contributed by atoms with Gasteiger partial charge in [-0.15, -0.1) is 0 Å². The first-order chi connectivity index (χ1) is 22.9. The van der Waals surface area contributed by atoms with Crippen molar-refractivity contribution >= 4 is 58.6 Å². The number of ether oxygens (including phenoxy) is 2. The Kier molecular flexibility index (Phi) is 12.0. The number of carbonyl (C=O) groups is 5. The highest BCUT2D eigenvalue weighted by atomic mass is 35.5. The van der Waals surface area contributed by atoms with Gasteiger partial charge >= 0.3 is 18.0 Å². The Balaban J connectivity index is 1.53. The molecule has 0 aliphatic heterocycles. The Morgan fingerprint density at radius 3 is 2.23 bits per heavy atom. The summed E-state index contributed by atoms with van der Waals surface area (Å²) in [6, 6.07) is 16.0. The molecule has 0 unspecified atom stereocenters. The topological polar surface area (TPSA) is 183 Å². The Morgan fingerprint density at radius 1 is 0.917 bits per heavy atom. The summed E-state index contributed by atoms with van der Waals surface area (Å²) in [7, 11) is 0. The van der Waals surface area contributed by atoms with Gasteiger partial charge in [-0.2, -0.15) is 0 Å². The summed E-state index contributed by atoms with van der Waals surface area (Å²) in [6.07, 6.45) is -0.875. The second-order valence-electron chi connectivity index (χ2n) is 9.94. The second-order valence-corrected chi connectivity index (χ2v) is 10.8. The predicted molar refractivity (Wildman–Crippen MR) is 170 cm³/mol. The lowest BCUT2D eigenvalue weighted by Gasteiger charge is -2.18. The molecule has 16 heteroatoms. The van der Waals surface area contributed by atoms with Gasteiger partial charge in [-0.1, -0.05) is 59.6 Å². The fraction of sp³-hybridized carbons (Fsp3) is 0.156. The minimum atomic E-state index is -1.70. The minimum Gasteiger partial charge on any atom is -0.481 e. The molecule has 0 saturated carbocycles. The molecule has 1 atom stereocenters. The first-order valence-corrected chi connectivity index (χ1v) is 14.7. The number of ketones is 1. The maximum atomic E-state index is 13.6. The molecule has 3 N–H and O–H groups in total. The summed E-state index contributed by atoms with van der Waals surface area (Å²) in [5.41, 5.74) is -0.634. The van der Waals surface area contributed by atoms with Crippen molar-refractivity contribution in [3.63, 3.8) is 0 Å². The van der Waals surface area contributed by atoms with Gasteiger partial charge in [0, 0.05) is 5.56 Å². The van der Waals surface area contributed by atoms with Crippen molar-refractivity contribution in [3.8, 4) is 11.4 Å². The first kappa shape index (κ1) is 35.3. The average Bonchev–Trinajstić information content (AvgIpc) is 3.05.